The number of benzene rings is 5. The predicted molar refractivity (Wildman–Crippen MR) is 285 cm³/mol. The van der Waals surface area contributed by atoms with E-state index in [1.807, 2.05) is 12.1 Å². The molecule has 3 heterocycles. The van der Waals surface area contributed by atoms with Crippen molar-refractivity contribution < 1.29 is 66.8 Å². The summed E-state index contributed by atoms with van der Waals surface area (Å²) in [4.78, 5) is 127. The lowest BCUT2D eigenvalue weighted by Crippen LogP contribution is -2.71. The normalized spacial score (nSPS) is 16.5. The Morgan fingerprint density at radius 3 is 1.76 bits per heavy atom. The van der Waals surface area contributed by atoms with Gasteiger partial charge in [0.2, 0.25) is 11.9 Å². The minimum Gasteiger partial charge on any atom is -0.461 e. The molecule has 79 heavy (non-hydrogen) atoms. The van der Waals surface area contributed by atoms with Crippen molar-refractivity contribution in [3.05, 3.63) is 185 Å². The Hall–Kier alpha value is -9.15. The van der Waals surface area contributed by atoms with Crippen LogP contribution in [0.1, 0.15) is 73.8 Å². The molecule has 0 aliphatic carbocycles. The first kappa shape index (κ1) is 56.1. The van der Waals surface area contributed by atoms with E-state index in [1.54, 1.807) is 130 Å². The van der Waals surface area contributed by atoms with Gasteiger partial charge in [0.1, 0.15) is 42.0 Å². The highest BCUT2D eigenvalue weighted by Gasteiger charge is 2.55. The molecular weight excluding hydrogens is 1040 g/mol. The highest BCUT2D eigenvalue weighted by molar-refractivity contribution is 8.00. The van der Waals surface area contributed by atoms with Gasteiger partial charge in [-0.25, -0.2) is 20.4 Å². The monoisotopic (exact) mass is 1090 g/mol. The van der Waals surface area contributed by atoms with Crippen LogP contribution < -0.4 is 21.5 Å². The Morgan fingerprint density at radius 1 is 0.734 bits per heavy atom. The number of amides is 6. The number of carbonyl (C=O) groups excluding carboxylic acids is 9. The van der Waals surface area contributed by atoms with Crippen LogP contribution in [-0.2, 0) is 57.2 Å². The second-order valence-corrected chi connectivity index (χ2v) is 20.2. The molecule has 6 amide bonds. The Morgan fingerprint density at radius 2 is 1.27 bits per heavy atom. The van der Waals surface area contributed by atoms with Crippen molar-refractivity contribution in [1.82, 2.24) is 20.4 Å². The van der Waals surface area contributed by atoms with Gasteiger partial charge >= 0.3 is 30.0 Å². The number of ether oxygens (including phenoxy) is 5. The van der Waals surface area contributed by atoms with E-state index >= 15 is 0 Å². The topological polar surface area (TPSA) is 272 Å². The van der Waals surface area contributed by atoms with Gasteiger partial charge in [-0.3, -0.25) is 28.9 Å². The lowest BCUT2D eigenvalue weighted by Gasteiger charge is -2.50. The van der Waals surface area contributed by atoms with E-state index in [4.69, 9.17) is 29.5 Å². The minimum atomic E-state index is -1.75. The molecule has 0 aromatic heterocycles. The lowest BCUT2D eigenvalue weighted by molar-refractivity contribution is -0.172. The number of rotatable bonds is 18. The molecule has 5 aromatic carbocycles. The van der Waals surface area contributed by atoms with Gasteiger partial charge in [-0.15, -0.1) is 11.8 Å². The summed E-state index contributed by atoms with van der Waals surface area (Å²) in [6.07, 6.45) is -0.780. The van der Waals surface area contributed by atoms with E-state index in [9.17, 15) is 43.2 Å². The first-order valence-corrected chi connectivity index (χ1v) is 25.7. The average Bonchev–Trinajstić information content (AvgIpc) is 3.98. The zero-order chi connectivity index (χ0) is 56.4. The molecule has 8 rings (SSSR count). The molecule has 3 aliphatic rings. The summed E-state index contributed by atoms with van der Waals surface area (Å²) in [5.41, 5.74) is 1.68. The summed E-state index contributed by atoms with van der Waals surface area (Å²) in [6.45, 7) is 4.37. The molecule has 0 spiro atoms. The fraction of sp³-hybridized carbons (Fsp3) is 0.263. The van der Waals surface area contributed by atoms with Crippen LogP contribution in [0.2, 0.25) is 0 Å². The van der Waals surface area contributed by atoms with E-state index in [0.29, 0.717) is 32.8 Å². The molecule has 5 aromatic rings. The molecule has 0 bridgehead atoms. The maximum absolute atomic E-state index is 14.4. The van der Waals surface area contributed by atoms with Crippen LogP contribution in [0.3, 0.4) is 0 Å². The Balaban J connectivity index is 0.987. The molecule has 21 nitrogen and oxygen atoms in total. The SMILES string of the molecule is CC(=O)OCC1=C(C(=O)OC(c2ccccc2)c2ccccc2)N2C(=O)[C@@H](NC(=O)[C@@H](NC(=O)N3[C-]=NC(=O)C3)c3ccc(N(N)C(=O)OC[C@H](C(=O)OC(c4ccccc4)c4ccccc4)C(=O)OC(C)(C)C)cc3)[C@H]2SC1. The van der Waals surface area contributed by atoms with Crippen LogP contribution in [0.15, 0.2) is 162 Å². The summed E-state index contributed by atoms with van der Waals surface area (Å²) in [6, 6.07) is 37.1. The number of esters is 4. The molecule has 22 heteroatoms. The molecule has 408 valence electrons. The second-order valence-electron chi connectivity index (χ2n) is 19.1. The standard InChI is InChI=1S/C57H54N7O14S/c1-34(65)74-30-40-32-79-51-45(50(68)63(51)46(40)54(71)77-48(38-21-13-7-14-22-38)39-23-15-8-16-24-39)60-49(67)44(61-55(72)62-29-43(66)59-33-62)35-25-27-41(28-26-35)64(58)56(73)75-31-42(53(70)78-57(2,3)4)52(69)76-47(36-17-9-5-10-18-36)37-19-11-6-12-20-37/h5-28,42,44-45,47-48,51H,29-32,58H2,1-4H3,(H,60,67)(H,61,72)/q-1/t42-,44+,45-,51-/m1/s1. The van der Waals surface area contributed by atoms with E-state index in [1.165, 1.54) is 47.9 Å². The first-order valence-electron chi connectivity index (χ1n) is 24.7. The van der Waals surface area contributed by atoms with Gasteiger partial charge in [-0.1, -0.05) is 133 Å². The Bertz CT molecular complexity index is 3080. The number of urea groups is 1. The molecule has 4 atom stereocenters. The number of hydrogen-bond acceptors (Lipinski definition) is 16. The molecule has 0 radical (unpaired) electrons. The lowest BCUT2D eigenvalue weighted by atomic mass is 10.00. The largest absolute Gasteiger partial charge is 0.461 e. The summed E-state index contributed by atoms with van der Waals surface area (Å²) in [5, 5.41) is 4.93. The highest BCUT2D eigenvalue weighted by atomic mass is 32.2. The summed E-state index contributed by atoms with van der Waals surface area (Å²) >= 11 is 1.18. The number of thioether (sulfide) groups is 1. The Kier molecular flexibility index (Phi) is 17.7. The fourth-order valence-corrected chi connectivity index (χ4v) is 9.77. The zero-order valence-electron chi connectivity index (χ0n) is 43.1. The minimum absolute atomic E-state index is 0.0181. The maximum Gasteiger partial charge on any atom is 0.428 e. The highest BCUT2D eigenvalue weighted by Crippen LogP contribution is 2.42. The van der Waals surface area contributed by atoms with Gasteiger partial charge in [0.25, 0.3) is 5.91 Å². The molecule has 1 saturated heterocycles. The number of anilines is 1. The van der Waals surface area contributed by atoms with Crippen LogP contribution >= 0.6 is 11.8 Å². The average molecular weight is 1090 g/mol. The summed E-state index contributed by atoms with van der Waals surface area (Å²) in [5.74, 6) is -1.31. The van der Waals surface area contributed by atoms with Crippen LogP contribution in [-0.4, -0.2) is 112 Å². The van der Waals surface area contributed by atoms with Crippen molar-refractivity contribution in [3.63, 3.8) is 0 Å². The van der Waals surface area contributed by atoms with E-state index in [-0.39, 0.29) is 29.3 Å². The van der Waals surface area contributed by atoms with E-state index in [0.717, 1.165) is 4.90 Å². The molecule has 3 aliphatic heterocycles. The van der Waals surface area contributed by atoms with Gasteiger partial charge in [-0.2, -0.15) is 0 Å². The second kappa shape index (κ2) is 24.9. The Labute approximate surface area is 458 Å². The molecule has 1 fully saturated rings. The van der Waals surface area contributed by atoms with Gasteiger partial charge in [0.05, 0.1) is 5.69 Å². The number of β-lactam (4-membered cyclic amide) rings is 1. The smallest absolute Gasteiger partial charge is 0.428 e. The number of nitrogens with one attached hydrogen (secondary N) is 2. The summed E-state index contributed by atoms with van der Waals surface area (Å²) < 4.78 is 28.3. The fourth-order valence-electron chi connectivity index (χ4n) is 8.44. The van der Waals surface area contributed by atoms with E-state index in [2.05, 4.69) is 22.0 Å². The third kappa shape index (κ3) is 13.7. The number of nitrogens with zero attached hydrogens (tertiary/aromatic N) is 4. The number of carbonyl (C=O) groups is 9. The van der Waals surface area contributed by atoms with Gasteiger partial charge < -0.3 is 53.8 Å². The molecule has 4 N–H and O–H groups in total. The van der Waals surface area contributed by atoms with Gasteiger partial charge in [-0.05, 0) is 60.7 Å². The molecule has 0 saturated carbocycles. The van der Waals surface area contributed by atoms with Crippen LogP contribution in [0.4, 0.5) is 15.3 Å². The number of aliphatic imine (C=N–C) groups is 1. The van der Waals surface area contributed by atoms with Crippen LogP contribution in [0.25, 0.3) is 0 Å². The number of hydrogen-bond donors (Lipinski definition) is 3. The number of nitrogens with two attached hydrogens (primary N) is 1. The molecule has 0 unspecified atom stereocenters. The first-order chi connectivity index (χ1) is 37.9. The third-order valence-electron chi connectivity index (χ3n) is 12.3. The van der Waals surface area contributed by atoms with Crippen LogP contribution in [0.5, 0.6) is 0 Å². The number of hydrazine groups is 1. The molecular formula is C57H54N7O14S-. The predicted octanol–water partition coefficient (Wildman–Crippen LogP) is 5.84. The van der Waals surface area contributed by atoms with Crippen LogP contribution in [0, 0.1) is 5.92 Å². The van der Waals surface area contributed by atoms with Crippen molar-refractivity contribution in [3.8, 4) is 0 Å². The zero-order valence-corrected chi connectivity index (χ0v) is 44.0. The van der Waals surface area contributed by atoms with Crippen molar-refractivity contribution >= 4 is 77.5 Å². The van der Waals surface area contributed by atoms with Gasteiger partial charge in [0.15, 0.2) is 24.0 Å². The summed E-state index contributed by atoms with van der Waals surface area (Å²) in [7, 11) is 0. The number of fused-ring (bicyclic) bond motifs is 1. The third-order valence-corrected chi connectivity index (χ3v) is 13.6. The van der Waals surface area contributed by atoms with Crippen molar-refractivity contribution in [2.75, 3.05) is 30.5 Å². The van der Waals surface area contributed by atoms with Crippen molar-refractivity contribution in [2.24, 2.45) is 16.8 Å². The van der Waals surface area contributed by atoms with E-state index < -0.39 is 108 Å². The van der Waals surface area contributed by atoms with Crippen molar-refractivity contribution in [2.45, 2.75) is 63.0 Å². The van der Waals surface area contributed by atoms with Crippen molar-refractivity contribution in [1.29, 1.82) is 0 Å². The quantitative estimate of drug-likeness (QED) is 0.0136. The van der Waals surface area contributed by atoms with Gasteiger partial charge in [0, 0.05) is 31.1 Å². The maximum atomic E-state index is 14.4.